The topological polar surface area (TPSA) is 87.3 Å². The minimum atomic E-state index is -0.720. The maximum absolute atomic E-state index is 11.8. The van der Waals surface area contributed by atoms with Crippen molar-refractivity contribution in [1.82, 2.24) is 5.32 Å². The van der Waals surface area contributed by atoms with Gasteiger partial charge in [0.15, 0.2) is 0 Å². The van der Waals surface area contributed by atoms with Gasteiger partial charge in [-0.15, -0.1) is 0 Å². The lowest BCUT2D eigenvalue weighted by Gasteiger charge is -2.07. The second-order valence-electron chi connectivity index (χ2n) is 4.85. The second-order valence-corrected chi connectivity index (χ2v) is 5.63. The van der Waals surface area contributed by atoms with Crippen molar-refractivity contribution in [2.24, 2.45) is 0 Å². The SMILES string of the molecule is CC(=O)Nc1ccc(NC(=O)C(=O)NCCc2ccsc2)cc1. The summed E-state index contributed by atoms with van der Waals surface area (Å²) in [6.45, 7) is 1.82. The van der Waals surface area contributed by atoms with Crippen LogP contribution in [-0.4, -0.2) is 24.3 Å². The van der Waals surface area contributed by atoms with Crippen LogP contribution in [-0.2, 0) is 20.8 Å². The van der Waals surface area contributed by atoms with Gasteiger partial charge in [0.25, 0.3) is 0 Å². The molecule has 0 spiro atoms. The number of hydrogen-bond acceptors (Lipinski definition) is 4. The summed E-state index contributed by atoms with van der Waals surface area (Å²) in [5.41, 5.74) is 2.23. The van der Waals surface area contributed by atoms with E-state index in [9.17, 15) is 14.4 Å². The average Bonchev–Trinajstić information content (AvgIpc) is 3.02. The Bertz CT molecular complexity index is 681. The van der Waals surface area contributed by atoms with Gasteiger partial charge < -0.3 is 16.0 Å². The van der Waals surface area contributed by atoms with Crippen LogP contribution in [0.2, 0.25) is 0 Å². The van der Waals surface area contributed by atoms with Crippen molar-refractivity contribution in [2.45, 2.75) is 13.3 Å². The summed E-state index contributed by atoms with van der Waals surface area (Å²) < 4.78 is 0. The summed E-state index contributed by atoms with van der Waals surface area (Å²) in [7, 11) is 0. The number of amides is 3. The van der Waals surface area contributed by atoms with Crippen LogP contribution in [0.4, 0.5) is 11.4 Å². The first-order valence-corrected chi connectivity index (χ1v) is 7.97. The Hall–Kier alpha value is -2.67. The molecule has 2 rings (SSSR count). The summed E-state index contributed by atoms with van der Waals surface area (Å²) in [5.74, 6) is -1.57. The highest BCUT2D eigenvalue weighted by Crippen LogP contribution is 2.13. The summed E-state index contributed by atoms with van der Waals surface area (Å²) in [6, 6.07) is 8.49. The Morgan fingerprint density at radius 2 is 1.61 bits per heavy atom. The van der Waals surface area contributed by atoms with Gasteiger partial charge in [0, 0.05) is 24.8 Å². The fraction of sp³-hybridized carbons (Fsp3) is 0.188. The monoisotopic (exact) mass is 331 g/mol. The molecule has 1 aromatic carbocycles. The minimum absolute atomic E-state index is 0.174. The number of hydrogen-bond donors (Lipinski definition) is 3. The molecular weight excluding hydrogens is 314 g/mol. The molecule has 0 aliphatic carbocycles. The van der Waals surface area contributed by atoms with Crippen LogP contribution in [0.3, 0.4) is 0 Å². The van der Waals surface area contributed by atoms with Gasteiger partial charge in [-0.2, -0.15) is 11.3 Å². The molecular formula is C16H17N3O3S. The van der Waals surface area contributed by atoms with Crippen molar-refractivity contribution in [1.29, 1.82) is 0 Å². The number of carbonyl (C=O) groups excluding carboxylic acids is 3. The summed E-state index contributed by atoms with van der Waals surface area (Å²) >= 11 is 1.59. The largest absolute Gasteiger partial charge is 0.347 e. The lowest BCUT2D eigenvalue weighted by Crippen LogP contribution is -2.36. The molecule has 0 fully saturated rings. The number of anilines is 2. The van der Waals surface area contributed by atoms with Gasteiger partial charge in [0.1, 0.15) is 0 Å². The zero-order chi connectivity index (χ0) is 16.7. The van der Waals surface area contributed by atoms with Crippen LogP contribution < -0.4 is 16.0 Å². The van der Waals surface area contributed by atoms with Crippen molar-refractivity contribution in [2.75, 3.05) is 17.2 Å². The fourth-order valence-electron chi connectivity index (χ4n) is 1.86. The molecule has 0 saturated carbocycles. The van der Waals surface area contributed by atoms with Crippen molar-refractivity contribution < 1.29 is 14.4 Å². The van der Waals surface area contributed by atoms with E-state index in [0.29, 0.717) is 24.3 Å². The van der Waals surface area contributed by atoms with Crippen molar-refractivity contribution >= 4 is 40.4 Å². The third kappa shape index (κ3) is 5.55. The first-order valence-electron chi connectivity index (χ1n) is 7.02. The highest BCUT2D eigenvalue weighted by atomic mass is 32.1. The van der Waals surface area contributed by atoms with E-state index in [1.165, 1.54) is 6.92 Å². The zero-order valence-corrected chi connectivity index (χ0v) is 13.4. The molecule has 1 heterocycles. The van der Waals surface area contributed by atoms with Crippen LogP contribution in [0.25, 0.3) is 0 Å². The minimum Gasteiger partial charge on any atom is -0.347 e. The Morgan fingerprint density at radius 1 is 0.957 bits per heavy atom. The molecule has 120 valence electrons. The molecule has 3 N–H and O–H groups in total. The van der Waals surface area contributed by atoms with E-state index in [1.807, 2.05) is 16.8 Å². The molecule has 0 saturated heterocycles. The van der Waals surface area contributed by atoms with Gasteiger partial charge in [-0.1, -0.05) is 0 Å². The molecule has 3 amide bonds. The summed E-state index contributed by atoms with van der Waals surface area (Å²) in [5, 5.41) is 11.7. The van der Waals surface area contributed by atoms with Gasteiger partial charge in [-0.05, 0) is 53.1 Å². The molecule has 0 aliphatic heterocycles. The molecule has 23 heavy (non-hydrogen) atoms. The van der Waals surface area contributed by atoms with Gasteiger partial charge >= 0.3 is 11.8 Å². The first kappa shape index (κ1) is 16.7. The normalized spacial score (nSPS) is 9.96. The molecule has 1 aromatic heterocycles. The Balaban J connectivity index is 1.78. The van der Waals surface area contributed by atoms with Crippen molar-refractivity contribution in [3.63, 3.8) is 0 Å². The third-order valence-corrected chi connectivity index (χ3v) is 3.68. The predicted octanol–water partition coefficient (Wildman–Crippen LogP) is 2.00. The molecule has 0 atom stereocenters. The Morgan fingerprint density at radius 3 is 2.17 bits per heavy atom. The lowest BCUT2D eigenvalue weighted by atomic mass is 10.2. The number of thiophene rings is 1. The zero-order valence-electron chi connectivity index (χ0n) is 12.6. The van der Waals surface area contributed by atoms with E-state index in [2.05, 4.69) is 16.0 Å². The Labute approximate surface area is 137 Å². The van der Waals surface area contributed by atoms with Crippen LogP contribution in [0.1, 0.15) is 12.5 Å². The third-order valence-electron chi connectivity index (χ3n) is 2.95. The van der Waals surface area contributed by atoms with E-state index >= 15 is 0 Å². The maximum atomic E-state index is 11.8. The summed E-state index contributed by atoms with van der Waals surface area (Å²) in [4.78, 5) is 34.4. The fourth-order valence-corrected chi connectivity index (χ4v) is 2.57. The van der Waals surface area contributed by atoms with E-state index < -0.39 is 11.8 Å². The van der Waals surface area contributed by atoms with Crippen molar-refractivity contribution in [3.05, 3.63) is 46.7 Å². The predicted molar refractivity (Wildman–Crippen MR) is 90.4 cm³/mol. The maximum Gasteiger partial charge on any atom is 0.313 e. The smallest absolute Gasteiger partial charge is 0.313 e. The average molecular weight is 331 g/mol. The van der Waals surface area contributed by atoms with Crippen molar-refractivity contribution in [3.8, 4) is 0 Å². The molecule has 0 aliphatic rings. The molecule has 6 nitrogen and oxygen atoms in total. The lowest BCUT2D eigenvalue weighted by molar-refractivity contribution is -0.136. The molecule has 7 heteroatoms. The molecule has 0 bridgehead atoms. The Kier molecular flexibility index (Phi) is 5.87. The number of carbonyl (C=O) groups is 3. The standard InChI is InChI=1S/C16H17N3O3S/c1-11(20)18-13-2-4-14(5-3-13)19-16(22)15(21)17-8-6-12-7-9-23-10-12/h2-5,7,9-10H,6,8H2,1H3,(H,17,21)(H,18,20)(H,19,22). The quantitative estimate of drug-likeness (QED) is 0.732. The molecule has 0 unspecified atom stereocenters. The number of nitrogens with one attached hydrogen (secondary N) is 3. The number of rotatable bonds is 5. The number of benzene rings is 1. The first-order chi connectivity index (χ1) is 11.0. The van der Waals surface area contributed by atoms with E-state index in [-0.39, 0.29) is 5.91 Å². The second kappa shape index (κ2) is 8.09. The van der Waals surface area contributed by atoms with Crippen LogP contribution in [0, 0.1) is 0 Å². The van der Waals surface area contributed by atoms with Gasteiger partial charge in [0.2, 0.25) is 5.91 Å². The summed E-state index contributed by atoms with van der Waals surface area (Å²) in [6.07, 6.45) is 0.688. The molecule has 2 aromatic rings. The van der Waals surface area contributed by atoms with Crippen LogP contribution in [0.15, 0.2) is 41.1 Å². The van der Waals surface area contributed by atoms with E-state index in [1.54, 1.807) is 35.6 Å². The van der Waals surface area contributed by atoms with Gasteiger partial charge in [-0.25, -0.2) is 0 Å². The van der Waals surface area contributed by atoms with Crippen LogP contribution >= 0.6 is 11.3 Å². The van der Waals surface area contributed by atoms with E-state index in [0.717, 1.165) is 5.56 Å². The molecule has 0 radical (unpaired) electrons. The highest BCUT2D eigenvalue weighted by molar-refractivity contribution is 7.07. The van der Waals surface area contributed by atoms with Gasteiger partial charge in [0.05, 0.1) is 0 Å². The van der Waals surface area contributed by atoms with E-state index in [4.69, 9.17) is 0 Å². The highest BCUT2D eigenvalue weighted by Gasteiger charge is 2.13. The van der Waals surface area contributed by atoms with Crippen LogP contribution in [0.5, 0.6) is 0 Å². The van der Waals surface area contributed by atoms with Gasteiger partial charge in [-0.3, -0.25) is 14.4 Å².